The highest BCUT2D eigenvalue weighted by Gasteiger charge is 2.22. The monoisotopic (exact) mass is 352 g/mol. The van der Waals surface area contributed by atoms with Crippen LogP contribution in [0.2, 0.25) is 0 Å². The van der Waals surface area contributed by atoms with Crippen LogP contribution in [0.3, 0.4) is 0 Å². The Balaban J connectivity index is 2.00. The summed E-state index contributed by atoms with van der Waals surface area (Å²) in [5, 5.41) is 12.0. The van der Waals surface area contributed by atoms with Crippen LogP contribution in [0.25, 0.3) is 22.0 Å². The van der Waals surface area contributed by atoms with Crippen LogP contribution in [0.4, 0.5) is 5.69 Å². The molecular weight excluding hydrogens is 336 g/mol. The summed E-state index contributed by atoms with van der Waals surface area (Å²) in [4.78, 5) is 23.4. The first kappa shape index (κ1) is 16.1. The van der Waals surface area contributed by atoms with Gasteiger partial charge in [0.25, 0.3) is 11.2 Å². The molecule has 0 bridgehead atoms. The number of non-ortho nitro benzene ring substituents is 1. The SMILES string of the molecule is COc1cc2c(cc1OC)-c1cc3ccc([N+](=O)[O-])cc3c(=O)n1CC2. The lowest BCUT2D eigenvalue weighted by atomic mass is 9.95. The van der Waals surface area contributed by atoms with Crippen LogP contribution < -0.4 is 15.0 Å². The standard InChI is InChI=1S/C19H16N2O5/c1-25-17-8-12-5-6-20-16(14(12)10-18(17)26-2)7-11-3-4-13(21(23)24)9-15(11)19(20)22/h3-4,7-10H,5-6H2,1-2H3. The zero-order valence-corrected chi connectivity index (χ0v) is 14.3. The average Bonchev–Trinajstić information content (AvgIpc) is 2.66. The summed E-state index contributed by atoms with van der Waals surface area (Å²) in [5.41, 5.74) is 2.45. The first-order valence-corrected chi connectivity index (χ1v) is 8.10. The zero-order chi connectivity index (χ0) is 18.4. The summed E-state index contributed by atoms with van der Waals surface area (Å²) in [6.45, 7) is 0.509. The van der Waals surface area contributed by atoms with Crippen LogP contribution in [0.15, 0.2) is 41.2 Å². The number of aromatic nitrogens is 1. The van der Waals surface area contributed by atoms with Gasteiger partial charge in [0.15, 0.2) is 11.5 Å². The molecule has 132 valence electrons. The van der Waals surface area contributed by atoms with E-state index in [4.69, 9.17) is 9.47 Å². The Labute approximate surface area is 148 Å². The summed E-state index contributed by atoms with van der Waals surface area (Å²) >= 11 is 0. The molecule has 7 heteroatoms. The average molecular weight is 352 g/mol. The van der Waals surface area contributed by atoms with Crippen molar-refractivity contribution in [3.63, 3.8) is 0 Å². The summed E-state index contributed by atoms with van der Waals surface area (Å²) in [6.07, 6.45) is 0.670. The molecule has 0 atom stereocenters. The van der Waals surface area contributed by atoms with Crippen molar-refractivity contribution < 1.29 is 14.4 Å². The molecule has 1 aromatic heterocycles. The Hall–Kier alpha value is -3.35. The van der Waals surface area contributed by atoms with E-state index < -0.39 is 4.92 Å². The normalized spacial score (nSPS) is 12.4. The number of methoxy groups -OCH3 is 2. The Morgan fingerprint density at radius 1 is 1.08 bits per heavy atom. The number of nitrogens with zero attached hydrogens (tertiary/aromatic N) is 2. The molecule has 3 aromatic rings. The van der Waals surface area contributed by atoms with E-state index in [1.165, 1.54) is 12.1 Å². The smallest absolute Gasteiger partial charge is 0.270 e. The molecule has 0 unspecified atom stereocenters. The van der Waals surface area contributed by atoms with Gasteiger partial charge in [-0.3, -0.25) is 14.9 Å². The first-order valence-electron chi connectivity index (χ1n) is 8.10. The van der Waals surface area contributed by atoms with E-state index in [9.17, 15) is 14.9 Å². The molecule has 0 spiro atoms. The van der Waals surface area contributed by atoms with E-state index in [1.807, 2.05) is 18.2 Å². The number of fused-ring (bicyclic) bond motifs is 4. The lowest BCUT2D eigenvalue weighted by Crippen LogP contribution is -2.26. The topological polar surface area (TPSA) is 83.6 Å². The Morgan fingerprint density at radius 3 is 2.50 bits per heavy atom. The maximum absolute atomic E-state index is 12.9. The highest BCUT2D eigenvalue weighted by atomic mass is 16.6. The van der Waals surface area contributed by atoms with Crippen LogP contribution >= 0.6 is 0 Å². The quantitative estimate of drug-likeness (QED) is 0.534. The van der Waals surface area contributed by atoms with Crippen molar-refractivity contribution in [2.45, 2.75) is 13.0 Å². The van der Waals surface area contributed by atoms with Gasteiger partial charge in [-0.05, 0) is 41.6 Å². The minimum Gasteiger partial charge on any atom is -0.493 e. The highest BCUT2D eigenvalue weighted by molar-refractivity contribution is 5.88. The van der Waals surface area contributed by atoms with Gasteiger partial charge >= 0.3 is 0 Å². The molecule has 1 aliphatic rings. The molecule has 1 aliphatic heterocycles. The summed E-state index contributed by atoms with van der Waals surface area (Å²) in [6, 6.07) is 10.1. The molecule has 26 heavy (non-hydrogen) atoms. The van der Waals surface area contributed by atoms with Gasteiger partial charge in [0.2, 0.25) is 0 Å². The predicted molar refractivity (Wildman–Crippen MR) is 97.1 cm³/mol. The highest BCUT2D eigenvalue weighted by Crippen LogP contribution is 2.38. The van der Waals surface area contributed by atoms with Crippen LogP contribution in [-0.2, 0) is 13.0 Å². The molecule has 0 fully saturated rings. The molecule has 0 saturated heterocycles. The van der Waals surface area contributed by atoms with Gasteiger partial charge in [-0.1, -0.05) is 0 Å². The number of hydrogen-bond acceptors (Lipinski definition) is 5. The summed E-state index contributed by atoms with van der Waals surface area (Å²) < 4.78 is 12.4. The van der Waals surface area contributed by atoms with Gasteiger partial charge in [0.05, 0.1) is 30.2 Å². The van der Waals surface area contributed by atoms with Crippen LogP contribution in [0.5, 0.6) is 11.5 Å². The lowest BCUT2D eigenvalue weighted by Gasteiger charge is -2.24. The molecule has 7 nitrogen and oxygen atoms in total. The minimum atomic E-state index is -0.491. The van der Waals surface area contributed by atoms with E-state index in [2.05, 4.69) is 0 Å². The van der Waals surface area contributed by atoms with Crippen molar-refractivity contribution in [3.05, 3.63) is 62.4 Å². The van der Waals surface area contributed by atoms with Gasteiger partial charge in [0.1, 0.15) is 0 Å². The van der Waals surface area contributed by atoms with Crippen LogP contribution in [0, 0.1) is 10.1 Å². The summed E-state index contributed by atoms with van der Waals surface area (Å²) in [7, 11) is 3.16. The molecular formula is C19H16N2O5. The largest absolute Gasteiger partial charge is 0.493 e. The molecule has 0 N–H and O–H groups in total. The molecule has 4 rings (SSSR count). The first-order chi connectivity index (χ1) is 12.5. The maximum atomic E-state index is 12.9. The van der Waals surface area contributed by atoms with Gasteiger partial charge in [-0.25, -0.2) is 0 Å². The van der Waals surface area contributed by atoms with E-state index >= 15 is 0 Å². The number of pyridine rings is 1. The van der Waals surface area contributed by atoms with Gasteiger partial charge in [-0.15, -0.1) is 0 Å². The molecule has 0 saturated carbocycles. The minimum absolute atomic E-state index is 0.0854. The number of hydrogen-bond donors (Lipinski definition) is 0. The van der Waals surface area contributed by atoms with Crippen molar-refractivity contribution >= 4 is 16.5 Å². The van der Waals surface area contributed by atoms with E-state index in [0.717, 1.165) is 16.8 Å². The lowest BCUT2D eigenvalue weighted by molar-refractivity contribution is -0.384. The fraction of sp³-hybridized carbons (Fsp3) is 0.211. The van der Waals surface area contributed by atoms with Crippen molar-refractivity contribution in [2.75, 3.05) is 14.2 Å². The molecule has 2 aromatic carbocycles. The van der Waals surface area contributed by atoms with Crippen LogP contribution in [0.1, 0.15) is 5.56 Å². The fourth-order valence-corrected chi connectivity index (χ4v) is 3.49. The van der Waals surface area contributed by atoms with E-state index in [0.29, 0.717) is 35.2 Å². The number of benzene rings is 2. The fourth-order valence-electron chi connectivity index (χ4n) is 3.49. The number of nitro groups is 1. The Kier molecular flexibility index (Phi) is 3.64. The van der Waals surface area contributed by atoms with Crippen LogP contribution in [-0.4, -0.2) is 23.7 Å². The molecule has 0 amide bonds. The van der Waals surface area contributed by atoms with Gasteiger partial charge < -0.3 is 14.0 Å². The Bertz CT molecular complexity index is 1120. The van der Waals surface area contributed by atoms with E-state index in [1.54, 1.807) is 24.9 Å². The van der Waals surface area contributed by atoms with Crippen molar-refractivity contribution in [3.8, 4) is 22.8 Å². The zero-order valence-electron chi connectivity index (χ0n) is 14.3. The number of ether oxygens (including phenoxy) is 2. The second-order valence-electron chi connectivity index (χ2n) is 6.13. The van der Waals surface area contributed by atoms with Crippen molar-refractivity contribution in [1.29, 1.82) is 0 Å². The third-order valence-corrected chi connectivity index (χ3v) is 4.80. The third kappa shape index (κ3) is 2.32. The van der Waals surface area contributed by atoms with Crippen molar-refractivity contribution in [1.82, 2.24) is 4.57 Å². The third-order valence-electron chi connectivity index (χ3n) is 4.80. The number of rotatable bonds is 3. The molecule has 0 radical (unpaired) electrons. The van der Waals surface area contributed by atoms with Gasteiger partial charge in [0, 0.05) is 24.2 Å². The Morgan fingerprint density at radius 2 is 1.81 bits per heavy atom. The van der Waals surface area contributed by atoms with E-state index in [-0.39, 0.29) is 11.2 Å². The second kappa shape index (κ2) is 5.87. The molecule has 2 heterocycles. The number of nitro benzene ring substituents is 1. The second-order valence-corrected chi connectivity index (χ2v) is 6.13. The maximum Gasteiger partial charge on any atom is 0.270 e. The number of aryl methyl sites for hydroxylation is 1. The molecule has 0 aliphatic carbocycles. The predicted octanol–water partition coefficient (Wildman–Crippen LogP) is 3.15. The summed E-state index contributed by atoms with van der Waals surface area (Å²) in [5.74, 6) is 1.24. The van der Waals surface area contributed by atoms with Gasteiger partial charge in [-0.2, -0.15) is 0 Å². The van der Waals surface area contributed by atoms with Crippen molar-refractivity contribution in [2.24, 2.45) is 0 Å².